The van der Waals surface area contributed by atoms with Crippen LogP contribution in [0.2, 0.25) is 0 Å². The molecule has 0 bridgehead atoms. The lowest BCUT2D eigenvalue weighted by molar-refractivity contribution is -0.142. The Morgan fingerprint density at radius 1 is 1.30 bits per heavy atom. The maximum atomic E-state index is 12.7. The molecular weight excluding hydrogens is 404 g/mol. The third kappa shape index (κ3) is 5.47. The molecule has 8 nitrogen and oxygen atoms in total. The molecule has 3 heterocycles. The van der Waals surface area contributed by atoms with Gasteiger partial charge in [0.05, 0.1) is 12.5 Å². The van der Waals surface area contributed by atoms with Gasteiger partial charge in [-0.2, -0.15) is 0 Å². The second-order valence-electron chi connectivity index (χ2n) is 8.54. The van der Waals surface area contributed by atoms with Gasteiger partial charge in [0.25, 0.3) is 0 Å². The van der Waals surface area contributed by atoms with Crippen molar-refractivity contribution in [2.24, 2.45) is 11.3 Å². The molecule has 1 aliphatic heterocycles. The van der Waals surface area contributed by atoms with Crippen molar-refractivity contribution in [3.8, 4) is 11.5 Å². The summed E-state index contributed by atoms with van der Waals surface area (Å²) in [6, 6.07) is 3.57. The topological polar surface area (TPSA) is 105 Å². The minimum atomic E-state index is -0.454. The molecule has 2 aromatic rings. The highest BCUT2D eigenvalue weighted by Gasteiger charge is 2.33. The molecule has 9 heteroatoms. The smallest absolute Gasteiger partial charge is 0.231 e. The number of carbonyl (C=O) groups is 3. The first-order chi connectivity index (χ1) is 14.1. The molecule has 1 fully saturated rings. The summed E-state index contributed by atoms with van der Waals surface area (Å²) < 4.78 is 5.70. The number of amides is 3. The van der Waals surface area contributed by atoms with Gasteiger partial charge < -0.3 is 20.0 Å². The van der Waals surface area contributed by atoms with Gasteiger partial charge >= 0.3 is 0 Å². The lowest BCUT2D eigenvalue weighted by Crippen LogP contribution is -2.47. The molecule has 0 aliphatic carbocycles. The van der Waals surface area contributed by atoms with Gasteiger partial charge in [-0.05, 0) is 25.0 Å². The summed E-state index contributed by atoms with van der Waals surface area (Å²) in [5.74, 6) is 0.788. The summed E-state index contributed by atoms with van der Waals surface area (Å²) in [5.41, 5.74) is 0.169. The number of anilines is 1. The maximum absolute atomic E-state index is 12.7. The number of hydrogen-bond donors (Lipinski definition) is 2. The second-order valence-corrected chi connectivity index (χ2v) is 9.40. The number of piperidine rings is 1. The first-order valence-electron chi connectivity index (χ1n) is 10.0. The minimum absolute atomic E-state index is 0.0735. The standard InChI is InChI=1S/C21H28N4O4S/c1-13(26)22-10-15-7-8-17(29-15)16-12-30-20(23-16)24-18(27)14-6-5-9-25(11-14)19(28)21(2,3)4/h7-8,12,14H,5-6,9-11H2,1-4H3,(H,22,26)(H,23,24,27). The molecule has 0 saturated carbocycles. The fourth-order valence-electron chi connectivity index (χ4n) is 3.32. The summed E-state index contributed by atoms with van der Waals surface area (Å²) in [5, 5.41) is 7.87. The third-order valence-electron chi connectivity index (χ3n) is 4.88. The van der Waals surface area contributed by atoms with Gasteiger partial charge in [0, 0.05) is 30.8 Å². The molecule has 1 unspecified atom stereocenters. The predicted octanol–water partition coefficient (Wildman–Crippen LogP) is 3.26. The zero-order valence-electron chi connectivity index (χ0n) is 17.8. The zero-order valence-corrected chi connectivity index (χ0v) is 18.6. The van der Waals surface area contributed by atoms with Crippen LogP contribution >= 0.6 is 11.3 Å². The molecule has 0 spiro atoms. The lowest BCUT2D eigenvalue weighted by Gasteiger charge is -2.35. The van der Waals surface area contributed by atoms with Gasteiger partial charge in [-0.3, -0.25) is 14.4 Å². The van der Waals surface area contributed by atoms with Gasteiger partial charge in [0.1, 0.15) is 11.5 Å². The molecule has 162 valence electrons. The van der Waals surface area contributed by atoms with E-state index in [1.54, 1.807) is 17.0 Å². The van der Waals surface area contributed by atoms with E-state index in [1.165, 1.54) is 18.3 Å². The van der Waals surface area contributed by atoms with Crippen LogP contribution in [0.1, 0.15) is 46.3 Å². The third-order valence-corrected chi connectivity index (χ3v) is 5.64. The number of hydrogen-bond acceptors (Lipinski definition) is 6. The number of furan rings is 1. The van der Waals surface area contributed by atoms with Crippen LogP contribution in [0, 0.1) is 11.3 Å². The van der Waals surface area contributed by atoms with E-state index in [1.807, 2.05) is 26.2 Å². The van der Waals surface area contributed by atoms with Crippen molar-refractivity contribution < 1.29 is 18.8 Å². The van der Waals surface area contributed by atoms with E-state index >= 15 is 0 Å². The molecule has 1 aliphatic rings. The Bertz CT molecular complexity index is 928. The first-order valence-corrected chi connectivity index (χ1v) is 10.9. The van der Waals surface area contributed by atoms with E-state index < -0.39 is 5.41 Å². The second kappa shape index (κ2) is 8.99. The summed E-state index contributed by atoms with van der Waals surface area (Å²) in [7, 11) is 0. The highest BCUT2D eigenvalue weighted by atomic mass is 32.1. The van der Waals surface area contributed by atoms with E-state index in [-0.39, 0.29) is 23.6 Å². The van der Waals surface area contributed by atoms with Crippen molar-refractivity contribution >= 4 is 34.2 Å². The summed E-state index contributed by atoms with van der Waals surface area (Å²) in [6.45, 7) is 8.58. The summed E-state index contributed by atoms with van der Waals surface area (Å²) >= 11 is 1.32. The predicted molar refractivity (Wildman–Crippen MR) is 115 cm³/mol. The Hall–Kier alpha value is -2.68. The Balaban J connectivity index is 1.59. The van der Waals surface area contributed by atoms with Crippen LogP contribution in [0.25, 0.3) is 11.5 Å². The van der Waals surface area contributed by atoms with Crippen LogP contribution in [-0.2, 0) is 20.9 Å². The van der Waals surface area contributed by atoms with E-state index in [0.29, 0.717) is 42.0 Å². The zero-order chi connectivity index (χ0) is 21.9. The van der Waals surface area contributed by atoms with E-state index in [9.17, 15) is 14.4 Å². The van der Waals surface area contributed by atoms with Crippen LogP contribution in [0.3, 0.4) is 0 Å². The number of thiazole rings is 1. The van der Waals surface area contributed by atoms with Crippen LogP contribution in [0.15, 0.2) is 21.9 Å². The number of nitrogens with one attached hydrogen (secondary N) is 2. The highest BCUT2D eigenvalue weighted by molar-refractivity contribution is 7.14. The van der Waals surface area contributed by atoms with Crippen LogP contribution in [0.5, 0.6) is 0 Å². The van der Waals surface area contributed by atoms with E-state index in [2.05, 4.69) is 15.6 Å². The monoisotopic (exact) mass is 432 g/mol. The number of likely N-dealkylation sites (tertiary alicyclic amines) is 1. The Kier molecular flexibility index (Phi) is 6.60. The van der Waals surface area contributed by atoms with Gasteiger partial charge in [0.2, 0.25) is 17.7 Å². The Morgan fingerprint density at radius 3 is 2.77 bits per heavy atom. The van der Waals surface area contributed by atoms with Crippen LogP contribution < -0.4 is 10.6 Å². The normalized spacial score (nSPS) is 16.9. The molecule has 1 atom stereocenters. The van der Waals surface area contributed by atoms with Crippen LogP contribution in [-0.4, -0.2) is 40.7 Å². The number of nitrogens with zero attached hydrogens (tertiary/aromatic N) is 2. The van der Waals surface area contributed by atoms with Crippen LogP contribution in [0.4, 0.5) is 5.13 Å². The van der Waals surface area contributed by atoms with Crippen molar-refractivity contribution in [1.29, 1.82) is 0 Å². The van der Waals surface area contributed by atoms with Crippen molar-refractivity contribution in [3.05, 3.63) is 23.3 Å². The molecule has 30 heavy (non-hydrogen) atoms. The Labute approximate surface area is 180 Å². The van der Waals surface area contributed by atoms with Gasteiger partial charge in [0.15, 0.2) is 10.9 Å². The average Bonchev–Trinajstić information content (AvgIpc) is 3.34. The largest absolute Gasteiger partial charge is 0.458 e. The molecule has 0 aromatic carbocycles. The fourth-order valence-corrected chi connectivity index (χ4v) is 4.03. The van der Waals surface area contributed by atoms with Gasteiger partial charge in [-0.1, -0.05) is 20.8 Å². The summed E-state index contributed by atoms with van der Waals surface area (Å²) in [6.07, 6.45) is 1.56. The van der Waals surface area contributed by atoms with Crippen molar-refractivity contribution in [2.45, 2.75) is 47.1 Å². The van der Waals surface area contributed by atoms with Crippen molar-refractivity contribution in [3.63, 3.8) is 0 Å². The molecule has 1 saturated heterocycles. The quantitative estimate of drug-likeness (QED) is 0.755. The molecular formula is C21H28N4O4S. The summed E-state index contributed by atoms with van der Waals surface area (Å²) in [4.78, 5) is 42.5. The maximum Gasteiger partial charge on any atom is 0.231 e. The molecule has 2 N–H and O–H groups in total. The molecule has 2 aromatic heterocycles. The van der Waals surface area contributed by atoms with Crippen molar-refractivity contribution in [2.75, 3.05) is 18.4 Å². The first kappa shape index (κ1) is 22.0. The number of aromatic nitrogens is 1. The molecule has 0 radical (unpaired) electrons. The molecule has 3 rings (SSSR count). The van der Waals surface area contributed by atoms with Gasteiger partial charge in [-0.25, -0.2) is 4.98 Å². The number of rotatable bonds is 5. The highest BCUT2D eigenvalue weighted by Crippen LogP contribution is 2.28. The van der Waals surface area contributed by atoms with Crippen molar-refractivity contribution in [1.82, 2.24) is 15.2 Å². The lowest BCUT2D eigenvalue weighted by atomic mass is 9.91. The Morgan fingerprint density at radius 2 is 2.07 bits per heavy atom. The fraction of sp³-hybridized carbons (Fsp3) is 0.524. The number of carbonyl (C=O) groups excluding carboxylic acids is 3. The minimum Gasteiger partial charge on any atom is -0.458 e. The van der Waals surface area contributed by atoms with Gasteiger partial charge in [-0.15, -0.1) is 11.3 Å². The molecule has 3 amide bonds. The van der Waals surface area contributed by atoms with E-state index in [0.717, 1.165) is 12.8 Å². The average molecular weight is 433 g/mol. The SMILES string of the molecule is CC(=O)NCc1ccc(-c2csc(NC(=O)C3CCCN(C(=O)C(C)(C)C)C3)n2)o1. The van der Waals surface area contributed by atoms with E-state index in [4.69, 9.17) is 4.42 Å².